The molecule has 0 unspecified atom stereocenters. The van der Waals surface area contributed by atoms with Crippen molar-refractivity contribution in [3.63, 3.8) is 0 Å². The first-order valence-corrected chi connectivity index (χ1v) is 13.5. The largest absolute Gasteiger partial charge is 0.416 e. The fraction of sp³-hybridized carbons (Fsp3) is 0.360. The van der Waals surface area contributed by atoms with Gasteiger partial charge in [-0.2, -0.15) is 30.6 Å². The summed E-state index contributed by atoms with van der Waals surface area (Å²) in [6.45, 7) is 2.41. The highest BCUT2D eigenvalue weighted by Crippen LogP contribution is 2.38. The Morgan fingerprint density at radius 3 is 2.12 bits per heavy atom. The van der Waals surface area contributed by atoms with Crippen molar-refractivity contribution in [2.45, 2.75) is 24.2 Å². The van der Waals surface area contributed by atoms with E-state index in [2.05, 4.69) is 15.6 Å². The highest BCUT2D eigenvalue weighted by Gasteiger charge is 2.39. The van der Waals surface area contributed by atoms with Crippen LogP contribution in [-0.4, -0.2) is 67.9 Å². The number of urea groups is 1. The maximum atomic E-state index is 13.2. The van der Waals surface area contributed by atoms with Crippen LogP contribution in [0.1, 0.15) is 16.8 Å². The van der Waals surface area contributed by atoms with E-state index in [0.717, 1.165) is 20.9 Å². The number of para-hydroxylation sites is 1. The van der Waals surface area contributed by atoms with E-state index in [1.165, 1.54) is 0 Å². The molecule has 1 saturated heterocycles. The van der Waals surface area contributed by atoms with Crippen molar-refractivity contribution in [1.82, 2.24) is 19.5 Å². The number of aromatic nitrogens is 1. The molecule has 0 atom stereocenters. The summed E-state index contributed by atoms with van der Waals surface area (Å²) in [4.78, 5) is 17.6. The smallest absolute Gasteiger partial charge is 0.337 e. The monoisotopic (exact) mass is 589 g/mol. The Kier molecular flexibility index (Phi) is 8.28. The van der Waals surface area contributed by atoms with Crippen molar-refractivity contribution < 1.29 is 39.6 Å². The number of sulfonamides is 1. The lowest BCUT2D eigenvalue weighted by atomic mass is 10.1. The van der Waals surface area contributed by atoms with Gasteiger partial charge in [-0.3, -0.25) is 9.88 Å². The molecule has 4 rings (SSSR count). The second kappa shape index (κ2) is 11.2. The predicted molar refractivity (Wildman–Crippen MR) is 135 cm³/mol. The van der Waals surface area contributed by atoms with Crippen LogP contribution in [0.4, 0.5) is 36.8 Å². The lowest BCUT2D eigenvalue weighted by molar-refractivity contribution is -0.143. The van der Waals surface area contributed by atoms with Gasteiger partial charge in [-0.05, 0) is 37.3 Å². The molecule has 2 heterocycles. The lowest BCUT2D eigenvalue weighted by Gasteiger charge is -2.34. The fourth-order valence-electron chi connectivity index (χ4n) is 4.32. The summed E-state index contributed by atoms with van der Waals surface area (Å²) in [5.74, 6) is 0. The van der Waals surface area contributed by atoms with Gasteiger partial charge < -0.3 is 10.6 Å². The number of piperazine rings is 1. The maximum Gasteiger partial charge on any atom is 0.416 e. The van der Waals surface area contributed by atoms with Gasteiger partial charge in [0.15, 0.2) is 0 Å². The fourth-order valence-corrected chi connectivity index (χ4v) is 5.82. The first-order chi connectivity index (χ1) is 18.6. The molecule has 8 nitrogen and oxygen atoms in total. The zero-order valence-corrected chi connectivity index (χ0v) is 21.9. The van der Waals surface area contributed by atoms with Gasteiger partial charge in [0.1, 0.15) is 0 Å². The number of hydrogen-bond acceptors (Lipinski definition) is 5. The van der Waals surface area contributed by atoms with Gasteiger partial charge >= 0.3 is 18.4 Å². The van der Waals surface area contributed by atoms with Crippen LogP contribution in [0.15, 0.2) is 53.4 Å². The molecule has 1 aliphatic rings. The van der Waals surface area contributed by atoms with Crippen LogP contribution in [-0.2, 0) is 22.4 Å². The Morgan fingerprint density at radius 2 is 1.52 bits per heavy atom. The Balaban J connectivity index is 1.34. The van der Waals surface area contributed by atoms with Gasteiger partial charge in [0.05, 0.1) is 27.2 Å². The molecule has 0 saturated carbocycles. The van der Waals surface area contributed by atoms with Gasteiger partial charge in [0.25, 0.3) is 0 Å². The number of alkyl halides is 6. The number of pyridine rings is 1. The summed E-state index contributed by atoms with van der Waals surface area (Å²) in [5.41, 5.74) is -1.35. The van der Waals surface area contributed by atoms with Crippen molar-refractivity contribution in [3.05, 3.63) is 65.4 Å². The highest BCUT2D eigenvalue weighted by molar-refractivity contribution is 7.89. The van der Waals surface area contributed by atoms with Gasteiger partial charge in [0, 0.05) is 50.3 Å². The number of carbonyl (C=O) groups excluding carboxylic acids is 1. The van der Waals surface area contributed by atoms with Crippen LogP contribution in [0.3, 0.4) is 0 Å². The Labute approximate surface area is 226 Å². The standard InChI is InChI=1S/C25H25F6N5O3S/c1-16-12-22(20-4-2-3-5-21(20)33-16)34-23(37)32-6-7-35-8-10-36(11-9-35)40(38,39)19-14-17(24(26,27)28)13-18(15-19)25(29,30)31/h2-5,12-15H,6-11H2,1H3,(H2,32,33,34,37). The van der Waals surface area contributed by atoms with E-state index in [1.54, 1.807) is 13.0 Å². The third kappa shape index (κ3) is 6.82. The Morgan fingerprint density at radius 1 is 0.925 bits per heavy atom. The quantitative estimate of drug-likeness (QED) is 0.407. The van der Waals surface area contributed by atoms with Gasteiger partial charge in [-0.1, -0.05) is 18.2 Å². The van der Waals surface area contributed by atoms with E-state index in [0.29, 0.717) is 12.2 Å². The number of nitrogens with zero attached hydrogens (tertiary/aromatic N) is 3. The first-order valence-electron chi connectivity index (χ1n) is 12.1. The molecule has 216 valence electrons. The lowest BCUT2D eigenvalue weighted by Crippen LogP contribution is -2.50. The summed E-state index contributed by atoms with van der Waals surface area (Å²) in [6, 6.07) is 8.92. The number of hydrogen-bond donors (Lipinski definition) is 2. The molecule has 1 fully saturated rings. The second-order valence-electron chi connectivity index (χ2n) is 9.20. The number of amides is 2. The van der Waals surface area contributed by atoms with Gasteiger partial charge in [0.2, 0.25) is 10.0 Å². The van der Waals surface area contributed by atoms with Crippen molar-refractivity contribution in [2.24, 2.45) is 0 Å². The molecule has 0 radical (unpaired) electrons. The zero-order valence-electron chi connectivity index (χ0n) is 21.1. The van der Waals surface area contributed by atoms with Crippen LogP contribution in [0.2, 0.25) is 0 Å². The molecule has 40 heavy (non-hydrogen) atoms. The van der Waals surface area contributed by atoms with Crippen molar-refractivity contribution in [2.75, 3.05) is 44.6 Å². The molecule has 3 aromatic rings. The van der Waals surface area contributed by atoms with Crippen LogP contribution in [0, 0.1) is 6.92 Å². The van der Waals surface area contributed by atoms with E-state index < -0.39 is 44.4 Å². The van der Waals surface area contributed by atoms with Crippen LogP contribution in [0.25, 0.3) is 10.9 Å². The van der Waals surface area contributed by atoms with E-state index in [-0.39, 0.29) is 50.9 Å². The molecule has 15 heteroatoms. The molecule has 1 aromatic heterocycles. The van der Waals surface area contributed by atoms with Gasteiger partial charge in [-0.15, -0.1) is 0 Å². The minimum absolute atomic E-state index is 0.113. The number of rotatable bonds is 6. The molecular formula is C25H25F6N5O3S. The molecule has 1 aliphatic heterocycles. The summed E-state index contributed by atoms with van der Waals surface area (Å²) < 4.78 is 106. The molecular weight excluding hydrogens is 564 g/mol. The topological polar surface area (TPSA) is 94.6 Å². The van der Waals surface area contributed by atoms with E-state index in [1.807, 2.05) is 29.2 Å². The highest BCUT2D eigenvalue weighted by atomic mass is 32.2. The molecule has 0 spiro atoms. The number of aryl methyl sites for hydroxylation is 1. The first kappa shape index (κ1) is 29.6. The van der Waals surface area contributed by atoms with Crippen LogP contribution in [0.5, 0.6) is 0 Å². The predicted octanol–water partition coefficient (Wildman–Crippen LogP) is 4.71. The number of anilines is 1. The average Bonchev–Trinajstić information content (AvgIpc) is 2.87. The molecule has 0 bridgehead atoms. The molecule has 2 amide bonds. The number of carbonyl (C=O) groups is 1. The average molecular weight is 590 g/mol. The van der Waals surface area contributed by atoms with Crippen molar-refractivity contribution in [3.8, 4) is 0 Å². The van der Waals surface area contributed by atoms with Crippen LogP contribution >= 0.6 is 0 Å². The maximum absolute atomic E-state index is 13.2. The summed E-state index contributed by atoms with van der Waals surface area (Å²) >= 11 is 0. The van der Waals surface area contributed by atoms with E-state index >= 15 is 0 Å². The molecule has 0 aliphatic carbocycles. The normalized spacial score (nSPS) is 15.8. The van der Waals surface area contributed by atoms with Crippen molar-refractivity contribution >= 4 is 32.6 Å². The van der Waals surface area contributed by atoms with Crippen LogP contribution < -0.4 is 10.6 Å². The minimum Gasteiger partial charge on any atom is -0.337 e. The molecule has 2 N–H and O–H groups in total. The third-order valence-electron chi connectivity index (χ3n) is 6.34. The number of nitrogens with one attached hydrogen (secondary N) is 2. The number of fused-ring (bicyclic) bond motifs is 1. The number of halogens is 6. The minimum atomic E-state index is -5.16. The Bertz CT molecular complexity index is 1470. The Hall–Kier alpha value is -3.43. The third-order valence-corrected chi connectivity index (χ3v) is 8.21. The summed E-state index contributed by atoms with van der Waals surface area (Å²) in [6.07, 6.45) is -10.3. The zero-order chi connectivity index (χ0) is 29.3. The SMILES string of the molecule is Cc1cc(NC(=O)NCCN2CCN(S(=O)(=O)c3cc(C(F)(F)F)cc(C(F)(F)F)c3)CC2)c2ccccc2n1. The van der Waals surface area contributed by atoms with Crippen molar-refractivity contribution in [1.29, 1.82) is 0 Å². The molecule has 2 aromatic carbocycles. The summed E-state index contributed by atoms with van der Waals surface area (Å²) in [5, 5.41) is 6.26. The number of benzene rings is 2. The van der Waals surface area contributed by atoms with Gasteiger partial charge in [-0.25, -0.2) is 13.2 Å². The van der Waals surface area contributed by atoms with E-state index in [4.69, 9.17) is 0 Å². The summed E-state index contributed by atoms with van der Waals surface area (Å²) in [7, 11) is -4.62. The van der Waals surface area contributed by atoms with E-state index in [9.17, 15) is 39.6 Å². The second-order valence-corrected chi connectivity index (χ2v) is 11.1.